The van der Waals surface area contributed by atoms with Crippen molar-refractivity contribution in [3.05, 3.63) is 27.9 Å². The van der Waals surface area contributed by atoms with Gasteiger partial charge in [0.15, 0.2) is 0 Å². The molecule has 0 unspecified atom stereocenters. The van der Waals surface area contributed by atoms with E-state index in [1.165, 1.54) is 0 Å². The zero-order chi connectivity index (χ0) is 12.0. The zero-order valence-corrected chi connectivity index (χ0v) is 10.2. The van der Waals surface area contributed by atoms with E-state index in [9.17, 15) is 10.1 Å². The Bertz CT molecular complexity index is 371. The quantitative estimate of drug-likeness (QED) is 0.470. The van der Waals surface area contributed by atoms with Crippen LogP contribution in [0.25, 0.3) is 0 Å². The Balaban J connectivity index is 2.71. The fourth-order valence-electron chi connectivity index (χ4n) is 1.33. The lowest BCUT2D eigenvalue weighted by Gasteiger charge is -2.06. The minimum Gasteiger partial charge on any atom is -0.364 e. The number of anilines is 1. The van der Waals surface area contributed by atoms with Gasteiger partial charge in [0.25, 0.3) is 0 Å². The number of rotatable bonds is 6. The molecule has 1 heterocycles. The van der Waals surface area contributed by atoms with Crippen LogP contribution in [0.4, 0.5) is 11.5 Å². The lowest BCUT2D eigenvalue weighted by molar-refractivity contribution is -0.384. The molecule has 0 aliphatic carbocycles. The number of thioether (sulfide) groups is 1. The number of hydrogen-bond donors (Lipinski definition) is 1. The molecule has 88 valence electrons. The van der Waals surface area contributed by atoms with Gasteiger partial charge in [-0.2, -0.15) is 11.8 Å². The number of nitro groups is 1. The molecule has 1 aromatic heterocycles. The third kappa shape index (κ3) is 3.37. The van der Waals surface area contributed by atoms with E-state index in [-0.39, 0.29) is 10.6 Å². The fourth-order valence-corrected chi connectivity index (χ4v) is 1.77. The minimum absolute atomic E-state index is 0.0756. The maximum absolute atomic E-state index is 10.9. The maximum Gasteiger partial charge on any atom is 0.314 e. The van der Waals surface area contributed by atoms with Gasteiger partial charge in [0.1, 0.15) is 0 Å². The Labute approximate surface area is 98.8 Å². The summed E-state index contributed by atoms with van der Waals surface area (Å²) in [6.45, 7) is 2.42. The summed E-state index contributed by atoms with van der Waals surface area (Å²) in [6.07, 6.45) is 4.58. The molecule has 0 fully saturated rings. The van der Waals surface area contributed by atoms with Crippen LogP contribution in [-0.4, -0.2) is 28.5 Å². The van der Waals surface area contributed by atoms with Crippen molar-refractivity contribution in [2.75, 3.05) is 23.9 Å². The molecule has 0 aliphatic rings. The molecular weight excluding hydrogens is 226 g/mol. The molecular formula is C10H15N3O2S. The Morgan fingerprint density at radius 3 is 3.00 bits per heavy atom. The van der Waals surface area contributed by atoms with Crippen LogP contribution in [0.15, 0.2) is 12.3 Å². The highest BCUT2D eigenvalue weighted by Crippen LogP contribution is 2.25. The van der Waals surface area contributed by atoms with Crippen LogP contribution in [0.1, 0.15) is 12.0 Å². The second-order valence-electron chi connectivity index (χ2n) is 3.36. The minimum atomic E-state index is -0.390. The van der Waals surface area contributed by atoms with E-state index in [0.717, 1.165) is 12.2 Å². The number of aromatic nitrogens is 1. The first kappa shape index (κ1) is 12.8. The van der Waals surface area contributed by atoms with Crippen LogP contribution in [0.3, 0.4) is 0 Å². The second kappa shape index (κ2) is 6.32. The molecule has 0 spiro atoms. The molecule has 16 heavy (non-hydrogen) atoms. The van der Waals surface area contributed by atoms with Gasteiger partial charge in [-0.05, 0) is 31.4 Å². The van der Waals surface area contributed by atoms with Crippen molar-refractivity contribution in [1.82, 2.24) is 4.98 Å². The molecule has 0 bridgehead atoms. The van der Waals surface area contributed by atoms with E-state index >= 15 is 0 Å². The standard InChI is InChI=1S/C10H15N3O2S/c1-8-4-6-12-10(9(8)13(14)15)11-5-3-7-16-2/h4,6H,3,5,7H2,1-2H3,(H,11,12). The Morgan fingerprint density at radius 1 is 1.62 bits per heavy atom. The summed E-state index contributed by atoms with van der Waals surface area (Å²) in [7, 11) is 0. The summed E-state index contributed by atoms with van der Waals surface area (Å²) in [6, 6.07) is 1.64. The molecule has 6 heteroatoms. The van der Waals surface area contributed by atoms with Gasteiger partial charge in [-0.3, -0.25) is 10.1 Å². The van der Waals surface area contributed by atoms with E-state index < -0.39 is 0 Å². The zero-order valence-electron chi connectivity index (χ0n) is 9.40. The summed E-state index contributed by atoms with van der Waals surface area (Å²) in [5, 5.41) is 13.9. The molecule has 0 amide bonds. The van der Waals surface area contributed by atoms with Gasteiger partial charge >= 0.3 is 5.69 Å². The van der Waals surface area contributed by atoms with Gasteiger partial charge in [0, 0.05) is 18.3 Å². The molecule has 0 saturated carbocycles. The monoisotopic (exact) mass is 241 g/mol. The van der Waals surface area contributed by atoms with Gasteiger partial charge < -0.3 is 5.32 Å². The lowest BCUT2D eigenvalue weighted by Crippen LogP contribution is -2.07. The Hall–Kier alpha value is -1.30. The van der Waals surface area contributed by atoms with Gasteiger partial charge in [-0.1, -0.05) is 0 Å². The summed E-state index contributed by atoms with van der Waals surface area (Å²) in [5.41, 5.74) is 0.707. The fraction of sp³-hybridized carbons (Fsp3) is 0.500. The second-order valence-corrected chi connectivity index (χ2v) is 4.34. The number of nitrogens with zero attached hydrogens (tertiary/aromatic N) is 2. The van der Waals surface area contributed by atoms with E-state index in [1.807, 2.05) is 6.26 Å². The van der Waals surface area contributed by atoms with Gasteiger partial charge in [-0.15, -0.1) is 0 Å². The summed E-state index contributed by atoms with van der Waals surface area (Å²) in [5.74, 6) is 1.40. The predicted molar refractivity (Wildman–Crippen MR) is 67.1 cm³/mol. The van der Waals surface area contributed by atoms with Gasteiger partial charge in [0.05, 0.1) is 4.92 Å². The summed E-state index contributed by atoms with van der Waals surface area (Å²) >= 11 is 1.76. The molecule has 1 rings (SSSR count). The van der Waals surface area contributed by atoms with Gasteiger partial charge in [0.2, 0.25) is 5.82 Å². The van der Waals surface area contributed by atoms with Crippen molar-refractivity contribution in [1.29, 1.82) is 0 Å². The average Bonchev–Trinajstić information content (AvgIpc) is 2.24. The van der Waals surface area contributed by atoms with Crippen LogP contribution >= 0.6 is 11.8 Å². The number of hydrogen-bond acceptors (Lipinski definition) is 5. The van der Waals surface area contributed by atoms with Crippen LogP contribution in [0.5, 0.6) is 0 Å². The first-order valence-corrected chi connectivity index (χ1v) is 6.39. The van der Waals surface area contributed by atoms with Crippen molar-refractivity contribution in [2.45, 2.75) is 13.3 Å². The molecule has 0 saturated heterocycles. The van der Waals surface area contributed by atoms with Crippen molar-refractivity contribution in [3.63, 3.8) is 0 Å². The summed E-state index contributed by atoms with van der Waals surface area (Å²) < 4.78 is 0. The molecule has 0 aliphatic heterocycles. The van der Waals surface area contributed by atoms with E-state index in [4.69, 9.17) is 0 Å². The Kier molecular flexibility index (Phi) is 5.04. The highest BCUT2D eigenvalue weighted by atomic mass is 32.2. The highest BCUT2D eigenvalue weighted by Gasteiger charge is 2.17. The van der Waals surface area contributed by atoms with Gasteiger partial charge in [-0.25, -0.2) is 4.98 Å². The highest BCUT2D eigenvalue weighted by molar-refractivity contribution is 7.98. The van der Waals surface area contributed by atoms with E-state index in [1.54, 1.807) is 30.9 Å². The third-order valence-electron chi connectivity index (χ3n) is 2.13. The average molecular weight is 241 g/mol. The first-order valence-electron chi connectivity index (χ1n) is 4.99. The van der Waals surface area contributed by atoms with E-state index in [2.05, 4.69) is 10.3 Å². The predicted octanol–water partition coefficient (Wildman–Crippen LogP) is 2.46. The van der Waals surface area contributed by atoms with Crippen LogP contribution in [0, 0.1) is 17.0 Å². The largest absolute Gasteiger partial charge is 0.364 e. The first-order chi connectivity index (χ1) is 7.66. The van der Waals surface area contributed by atoms with Crippen molar-refractivity contribution >= 4 is 23.3 Å². The smallest absolute Gasteiger partial charge is 0.314 e. The summed E-state index contributed by atoms with van der Waals surface area (Å²) in [4.78, 5) is 14.5. The number of pyridine rings is 1. The maximum atomic E-state index is 10.9. The van der Waals surface area contributed by atoms with Crippen molar-refractivity contribution in [2.24, 2.45) is 0 Å². The van der Waals surface area contributed by atoms with Crippen LogP contribution in [-0.2, 0) is 0 Å². The molecule has 5 nitrogen and oxygen atoms in total. The molecule has 0 aromatic carbocycles. The lowest BCUT2D eigenvalue weighted by atomic mass is 10.2. The van der Waals surface area contributed by atoms with Crippen LogP contribution < -0.4 is 5.32 Å². The third-order valence-corrected chi connectivity index (χ3v) is 2.82. The number of nitrogens with one attached hydrogen (secondary N) is 1. The molecule has 1 N–H and O–H groups in total. The molecule has 1 aromatic rings. The SMILES string of the molecule is CSCCCNc1nccc(C)c1[N+](=O)[O-]. The number of aryl methyl sites for hydroxylation is 1. The van der Waals surface area contributed by atoms with Crippen molar-refractivity contribution in [3.8, 4) is 0 Å². The Morgan fingerprint density at radius 2 is 2.38 bits per heavy atom. The van der Waals surface area contributed by atoms with Crippen molar-refractivity contribution < 1.29 is 4.92 Å². The normalized spacial score (nSPS) is 10.1. The molecule has 0 radical (unpaired) electrons. The van der Waals surface area contributed by atoms with Crippen LogP contribution in [0.2, 0.25) is 0 Å². The van der Waals surface area contributed by atoms with E-state index in [0.29, 0.717) is 17.9 Å². The molecule has 0 atom stereocenters. The topological polar surface area (TPSA) is 68.1 Å².